The summed E-state index contributed by atoms with van der Waals surface area (Å²) in [7, 11) is -3.58. The van der Waals surface area contributed by atoms with E-state index in [0.29, 0.717) is 31.9 Å². The molecule has 1 aromatic carbocycles. The van der Waals surface area contributed by atoms with Gasteiger partial charge in [0.05, 0.1) is 23.6 Å². The maximum atomic E-state index is 12.8. The lowest BCUT2D eigenvalue weighted by molar-refractivity contribution is -0.115. The summed E-state index contributed by atoms with van der Waals surface area (Å²) in [6, 6.07) is 6.25. The third-order valence-corrected chi connectivity index (χ3v) is 5.74. The van der Waals surface area contributed by atoms with E-state index >= 15 is 0 Å². The van der Waals surface area contributed by atoms with Gasteiger partial charge in [-0.15, -0.1) is 0 Å². The summed E-state index contributed by atoms with van der Waals surface area (Å²) in [5, 5.41) is 2.70. The van der Waals surface area contributed by atoms with Crippen LogP contribution in [0.1, 0.15) is 27.2 Å². The average Bonchev–Trinajstić information content (AvgIpc) is 2.47. The summed E-state index contributed by atoms with van der Waals surface area (Å²) in [5.41, 5.74) is 0.0126. The van der Waals surface area contributed by atoms with E-state index in [1.807, 2.05) is 13.8 Å². The van der Waals surface area contributed by atoms with Crippen LogP contribution in [0.5, 0.6) is 0 Å². The van der Waals surface area contributed by atoms with Crippen molar-refractivity contribution in [3.8, 4) is 0 Å². The Hall–Kier alpha value is -1.44. The molecule has 1 aliphatic heterocycles. The highest BCUT2D eigenvalue weighted by Gasteiger charge is 2.39. The molecule has 0 spiro atoms. The molecule has 0 aromatic heterocycles. The van der Waals surface area contributed by atoms with Crippen LogP contribution >= 0.6 is 0 Å². The SMILES string of the molecule is CCC(=O)Nc1ccc(S(=O)(=O)N2CCOCC2(C)C)cc1. The number of rotatable bonds is 4. The molecule has 0 aliphatic carbocycles. The summed E-state index contributed by atoms with van der Waals surface area (Å²) in [6.07, 6.45) is 0.377. The van der Waals surface area contributed by atoms with Crippen molar-refractivity contribution in [1.29, 1.82) is 0 Å². The first-order valence-electron chi connectivity index (χ1n) is 7.28. The molecule has 7 heteroatoms. The second kappa shape index (κ2) is 6.36. The van der Waals surface area contributed by atoms with Gasteiger partial charge in [0.2, 0.25) is 15.9 Å². The fourth-order valence-electron chi connectivity index (χ4n) is 2.38. The number of nitrogens with zero attached hydrogens (tertiary/aromatic N) is 1. The molecule has 1 saturated heterocycles. The van der Waals surface area contributed by atoms with Gasteiger partial charge in [-0.1, -0.05) is 6.92 Å². The van der Waals surface area contributed by atoms with E-state index in [1.165, 1.54) is 16.4 Å². The van der Waals surface area contributed by atoms with Crippen LogP contribution in [0.15, 0.2) is 29.2 Å². The maximum Gasteiger partial charge on any atom is 0.243 e. The molecule has 0 bridgehead atoms. The second-order valence-corrected chi connectivity index (χ2v) is 7.73. The van der Waals surface area contributed by atoms with Crippen molar-refractivity contribution in [1.82, 2.24) is 4.31 Å². The molecule has 6 nitrogen and oxygen atoms in total. The normalized spacial score (nSPS) is 18.9. The van der Waals surface area contributed by atoms with Crippen LogP contribution in [0.25, 0.3) is 0 Å². The van der Waals surface area contributed by atoms with Crippen molar-refractivity contribution < 1.29 is 17.9 Å². The third kappa shape index (κ3) is 3.48. The molecule has 0 saturated carbocycles. The Morgan fingerprint density at radius 1 is 1.32 bits per heavy atom. The van der Waals surface area contributed by atoms with Gasteiger partial charge in [0.15, 0.2) is 0 Å². The number of carbonyl (C=O) groups is 1. The van der Waals surface area contributed by atoms with Gasteiger partial charge < -0.3 is 10.1 Å². The van der Waals surface area contributed by atoms with Gasteiger partial charge in [-0.3, -0.25) is 4.79 Å². The molecule has 0 radical (unpaired) electrons. The van der Waals surface area contributed by atoms with Crippen LogP contribution in [0.4, 0.5) is 5.69 Å². The van der Waals surface area contributed by atoms with Gasteiger partial charge in [0, 0.05) is 18.7 Å². The fraction of sp³-hybridized carbons (Fsp3) is 0.533. The predicted octanol–water partition coefficient (Wildman–Crippen LogP) is 1.83. The molecule has 122 valence electrons. The lowest BCUT2D eigenvalue weighted by Crippen LogP contribution is -2.55. The number of anilines is 1. The number of carbonyl (C=O) groups excluding carboxylic acids is 1. The van der Waals surface area contributed by atoms with Crippen LogP contribution in [0.2, 0.25) is 0 Å². The van der Waals surface area contributed by atoms with E-state index in [9.17, 15) is 13.2 Å². The van der Waals surface area contributed by atoms with Crippen molar-refractivity contribution in [3.63, 3.8) is 0 Å². The van der Waals surface area contributed by atoms with Gasteiger partial charge in [-0.05, 0) is 38.1 Å². The summed E-state index contributed by atoms with van der Waals surface area (Å²) >= 11 is 0. The van der Waals surface area contributed by atoms with E-state index in [4.69, 9.17) is 4.74 Å². The number of ether oxygens (including phenoxy) is 1. The number of sulfonamides is 1. The molecule has 1 fully saturated rings. The number of benzene rings is 1. The molecule has 0 atom stereocenters. The van der Waals surface area contributed by atoms with Gasteiger partial charge in [-0.25, -0.2) is 8.42 Å². The molecule has 22 heavy (non-hydrogen) atoms. The zero-order chi connectivity index (χ0) is 16.4. The fourth-order valence-corrected chi connectivity index (χ4v) is 4.13. The van der Waals surface area contributed by atoms with E-state index in [2.05, 4.69) is 5.32 Å². The first kappa shape index (κ1) is 16.9. The van der Waals surface area contributed by atoms with Crippen molar-refractivity contribution in [2.45, 2.75) is 37.6 Å². The lowest BCUT2D eigenvalue weighted by atomic mass is 10.1. The van der Waals surface area contributed by atoms with Gasteiger partial charge in [0.25, 0.3) is 0 Å². The minimum Gasteiger partial charge on any atom is -0.378 e. The van der Waals surface area contributed by atoms with Gasteiger partial charge in [0.1, 0.15) is 0 Å². The quantitative estimate of drug-likeness (QED) is 0.916. The Kier molecular flexibility index (Phi) is 4.89. The zero-order valence-electron chi connectivity index (χ0n) is 13.1. The summed E-state index contributed by atoms with van der Waals surface area (Å²) < 4.78 is 32.4. The largest absolute Gasteiger partial charge is 0.378 e. The summed E-state index contributed by atoms with van der Waals surface area (Å²) in [4.78, 5) is 11.6. The first-order valence-corrected chi connectivity index (χ1v) is 8.72. The maximum absolute atomic E-state index is 12.8. The molecule has 0 unspecified atom stereocenters. The first-order chi connectivity index (χ1) is 10.3. The van der Waals surface area contributed by atoms with E-state index in [0.717, 1.165) is 0 Å². The highest BCUT2D eigenvalue weighted by Crippen LogP contribution is 2.28. The Labute approximate surface area is 131 Å². The van der Waals surface area contributed by atoms with Gasteiger partial charge in [-0.2, -0.15) is 4.31 Å². The average molecular weight is 326 g/mol. The highest BCUT2D eigenvalue weighted by molar-refractivity contribution is 7.89. The number of hydrogen-bond acceptors (Lipinski definition) is 4. The van der Waals surface area contributed by atoms with Gasteiger partial charge >= 0.3 is 0 Å². The second-order valence-electron chi connectivity index (χ2n) is 5.87. The van der Waals surface area contributed by atoms with Crippen LogP contribution in [-0.4, -0.2) is 43.9 Å². The minimum absolute atomic E-state index is 0.107. The third-order valence-electron chi connectivity index (χ3n) is 3.62. The standard InChI is InChI=1S/C15H22N2O4S/c1-4-14(18)16-12-5-7-13(8-6-12)22(19,20)17-9-10-21-11-15(17,2)3/h5-8H,4,9-11H2,1-3H3,(H,16,18). The minimum atomic E-state index is -3.58. The predicted molar refractivity (Wildman–Crippen MR) is 84.2 cm³/mol. The lowest BCUT2D eigenvalue weighted by Gasteiger charge is -2.40. The van der Waals surface area contributed by atoms with E-state index in [-0.39, 0.29) is 10.8 Å². The number of hydrogen-bond donors (Lipinski definition) is 1. The molecule has 1 aromatic rings. The highest BCUT2D eigenvalue weighted by atomic mass is 32.2. The zero-order valence-corrected chi connectivity index (χ0v) is 13.9. The molecule has 1 amide bonds. The molecular formula is C15H22N2O4S. The monoisotopic (exact) mass is 326 g/mol. The topological polar surface area (TPSA) is 75.7 Å². The van der Waals surface area contributed by atoms with E-state index < -0.39 is 15.6 Å². The summed E-state index contributed by atoms with van der Waals surface area (Å²) in [6.45, 7) is 6.56. The molecule has 2 rings (SSSR count). The van der Waals surface area contributed by atoms with Crippen LogP contribution in [0, 0.1) is 0 Å². The van der Waals surface area contributed by atoms with Crippen molar-refractivity contribution in [2.75, 3.05) is 25.1 Å². The molecule has 1 heterocycles. The Morgan fingerprint density at radius 2 is 1.95 bits per heavy atom. The smallest absolute Gasteiger partial charge is 0.243 e. The molecule has 1 aliphatic rings. The van der Waals surface area contributed by atoms with Crippen molar-refractivity contribution >= 4 is 21.6 Å². The number of amides is 1. The molecular weight excluding hydrogens is 304 g/mol. The number of morpholine rings is 1. The van der Waals surface area contributed by atoms with Crippen LogP contribution in [0.3, 0.4) is 0 Å². The number of nitrogens with one attached hydrogen (secondary N) is 1. The van der Waals surface area contributed by atoms with Crippen molar-refractivity contribution in [3.05, 3.63) is 24.3 Å². The van der Waals surface area contributed by atoms with E-state index in [1.54, 1.807) is 19.1 Å². The van der Waals surface area contributed by atoms with Crippen LogP contribution < -0.4 is 5.32 Å². The Bertz CT molecular complexity index is 638. The Morgan fingerprint density at radius 3 is 2.50 bits per heavy atom. The molecule has 1 N–H and O–H groups in total. The van der Waals surface area contributed by atoms with Crippen molar-refractivity contribution in [2.24, 2.45) is 0 Å². The Balaban J connectivity index is 2.24. The van der Waals surface area contributed by atoms with Crippen LogP contribution in [-0.2, 0) is 19.6 Å². The summed E-state index contributed by atoms with van der Waals surface area (Å²) in [5.74, 6) is -0.107.